The van der Waals surface area contributed by atoms with E-state index in [9.17, 15) is 4.79 Å². The number of amides is 1. The van der Waals surface area contributed by atoms with E-state index in [4.69, 9.17) is 5.73 Å². The number of rotatable bonds is 4. The Kier molecular flexibility index (Phi) is 6.15. The number of nitrogens with one attached hydrogen (secondary N) is 1. The lowest BCUT2D eigenvalue weighted by Gasteiger charge is -2.24. The lowest BCUT2D eigenvalue weighted by molar-refractivity contribution is 0.0916. The van der Waals surface area contributed by atoms with Gasteiger partial charge >= 0.3 is 0 Å². The van der Waals surface area contributed by atoms with Crippen LogP contribution in [0.1, 0.15) is 24.2 Å². The fourth-order valence-electron chi connectivity index (χ4n) is 1.36. The van der Waals surface area contributed by atoms with E-state index in [0.29, 0.717) is 12.1 Å². The highest BCUT2D eigenvalue weighted by Crippen LogP contribution is 2.14. The molecule has 0 unspecified atom stereocenters. The van der Waals surface area contributed by atoms with Crippen LogP contribution < -0.4 is 16.0 Å². The molecule has 0 radical (unpaired) electrons. The number of hydrogen-bond donors (Lipinski definition) is 2. The molecule has 4 nitrogen and oxygen atoms in total. The number of nitrogens with zero attached hydrogens (tertiary/aromatic N) is 1. The van der Waals surface area contributed by atoms with Crippen LogP contribution in [0.25, 0.3) is 0 Å². The van der Waals surface area contributed by atoms with Crippen LogP contribution >= 0.6 is 12.4 Å². The van der Waals surface area contributed by atoms with Crippen molar-refractivity contribution < 1.29 is 4.79 Å². The molecule has 18 heavy (non-hydrogen) atoms. The van der Waals surface area contributed by atoms with E-state index in [2.05, 4.69) is 5.32 Å². The molecular weight excluding hydrogens is 250 g/mol. The number of hydrogen-bond acceptors (Lipinski definition) is 3. The summed E-state index contributed by atoms with van der Waals surface area (Å²) in [5, 5.41) is 2.91. The summed E-state index contributed by atoms with van der Waals surface area (Å²) in [5.41, 5.74) is 6.86. The quantitative estimate of drug-likeness (QED) is 0.875. The Hall–Kier alpha value is -1.26. The van der Waals surface area contributed by atoms with Crippen molar-refractivity contribution in [3.8, 4) is 0 Å². The van der Waals surface area contributed by atoms with E-state index in [1.165, 1.54) is 0 Å². The number of anilines is 1. The highest BCUT2D eigenvalue weighted by Gasteiger charge is 2.19. The molecule has 0 fully saturated rings. The Morgan fingerprint density at radius 1 is 1.39 bits per heavy atom. The van der Waals surface area contributed by atoms with Crippen molar-refractivity contribution in [3.05, 3.63) is 29.8 Å². The van der Waals surface area contributed by atoms with Gasteiger partial charge in [-0.1, -0.05) is 6.07 Å². The van der Waals surface area contributed by atoms with Crippen molar-refractivity contribution in [1.29, 1.82) is 0 Å². The molecule has 1 amide bonds. The SMILES string of the molecule is CN(C)c1cccc(C(=O)NC(C)(C)CN)c1.Cl. The minimum atomic E-state index is -0.384. The normalized spacial score (nSPS) is 10.5. The first kappa shape index (κ1) is 16.7. The van der Waals surface area contributed by atoms with E-state index in [0.717, 1.165) is 5.69 Å². The van der Waals surface area contributed by atoms with Crippen LogP contribution in [0.4, 0.5) is 5.69 Å². The Bertz CT molecular complexity index is 405. The Morgan fingerprint density at radius 3 is 2.50 bits per heavy atom. The summed E-state index contributed by atoms with van der Waals surface area (Å²) >= 11 is 0. The zero-order valence-electron chi connectivity index (χ0n) is 11.4. The van der Waals surface area contributed by atoms with Crippen LogP contribution in [0.2, 0.25) is 0 Å². The van der Waals surface area contributed by atoms with Gasteiger partial charge in [-0.25, -0.2) is 0 Å². The smallest absolute Gasteiger partial charge is 0.251 e. The second-order valence-corrected chi connectivity index (χ2v) is 4.99. The molecule has 102 valence electrons. The van der Waals surface area contributed by atoms with Crippen LogP contribution in [0.3, 0.4) is 0 Å². The van der Waals surface area contributed by atoms with Crippen molar-refractivity contribution in [3.63, 3.8) is 0 Å². The highest BCUT2D eigenvalue weighted by atomic mass is 35.5. The fourth-order valence-corrected chi connectivity index (χ4v) is 1.36. The lowest BCUT2D eigenvalue weighted by atomic mass is 10.0. The number of benzene rings is 1. The van der Waals surface area contributed by atoms with Crippen molar-refractivity contribution in [1.82, 2.24) is 5.32 Å². The predicted molar refractivity (Wildman–Crippen MR) is 78.6 cm³/mol. The molecule has 0 saturated carbocycles. The first-order valence-corrected chi connectivity index (χ1v) is 5.66. The number of carbonyl (C=O) groups is 1. The Balaban J connectivity index is 0.00000289. The third kappa shape index (κ3) is 4.55. The fraction of sp³-hybridized carbons (Fsp3) is 0.462. The Morgan fingerprint density at radius 2 is 2.00 bits per heavy atom. The first-order valence-electron chi connectivity index (χ1n) is 5.66. The minimum Gasteiger partial charge on any atom is -0.378 e. The predicted octanol–water partition coefficient (Wildman–Crippen LogP) is 1.64. The maximum absolute atomic E-state index is 12.0. The molecule has 0 aliphatic carbocycles. The molecule has 1 aromatic carbocycles. The summed E-state index contributed by atoms with van der Waals surface area (Å²) in [6.45, 7) is 4.22. The van der Waals surface area contributed by atoms with Crippen LogP contribution in [0, 0.1) is 0 Å². The van der Waals surface area contributed by atoms with Gasteiger partial charge in [-0.2, -0.15) is 0 Å². The summed E-state index contributed by atoms with van der Waals surface area (Å²) in [5.74, 6) is -0.0934. The highest BCUT2D eigenvalue weighted by molar-refractivity contribution is 5.95. The molecule has 0 bridgehead atoms. The standard InChI is InChI=1S/C13H21N3O.ClH/c1-13(2,9-14)15-12(17)10-6-5-7-11(8-10)16(3)4;/h5-8H,9,14H2,1-4H3,(H,15,17);1H. The molecule has 0 aliphatic rings. The van der Waals surface area contributed by atoms with Gasteiger partial charge in [0.2, 0.25) is 0 Å². The van der Waals surface area contributed by atoms with Crippen molar-refractivity contribution in [2.24, 2.45) is 5.73 Å². The van der Waals surface area contributed by atoms with Gasteiger partial charge in [0.05, 0.1) is 0 Å². The van der Waals surface area contributed by atoms with Gasteiger partial charge in [0.25, 0.3) is 5.91 Å². The second kappa shape index (κ2) is 6.61. The second-order valence-electron chi connectivity index (χ2n) is 4.99. The number of halogens is 1. The van der Waals surface area contributed by atoms with E-state index < -0.39 is 0 Å². The van der Waals surface area contributed by atoms with Gasteiger partial charge < -0.3 is 16.0 Å². The summed E-state index contributed by atoms with van der Waals surface area (Å²) < 4.78 is 0. The molecule has 0 saturated heterocycles. The summed E-state index contributed by atoms with van der Waals surface area (Å²) in [4.78, 5) is 14.0. The molecular formula is C13H22ClN3O. The van der Waals surface area contributed by atoms with Crippen molar-refractivity contribution in [2.45, 2.75) is 19.4 Å². The van der Waals surface area contributed by atoms with Crippen LogP contribution in [-0.2, 0) is 0 Å². The van der Waals surface area contributed by atoms with Gasteiger partial charge in [0, 0.05) is 37.4 Å². The average Bonchev–Trinajstić information content (AvgIpc) is 2.28. The van der Waals surface area contributed by atoms with E-state index in [1.54, 1.807) is 6.07 Å². The molecule has 5 heteroatoms. The zero-order chi connectivity index (χ0) is 13.1. The molecule has 0 spiro atoms. The third-order valence-corrected chi connectivity index (χ3v) is 2.59. The largest absolute Gasteiger partial charge is 0.378 e. The summed E-state index contributed by atoms with van der Waals surface area (Å²) in [6, 6.07) is 7.50. The minimum absolute atomic E-state index is 0. The maximum Gasteiger partial charge on any atom is 0.251 e. The number of nitrogens with two attached hydrogens (primary N) is 1. The van der Waals surface area contributed by atoms with Gasteiger partial charge in [-0.05, 0) is 32.0 Å². The zero-order valence-corrected chi connectivity index (χ0v) is 12.2. The Labute approximate surface area is 115 Å². The van der Waals surface area contributed by atoms with Crippen molar-refractivity contribution in [2.75, 3.05) is 25.5 Å². The lowest BCUT2D eigenvalue weighted by Crippen LogP contribution is -2.48. The van der Waals surface area contributed by atoms with Crippen LogP contribution in [0.15, 0.2) is 24.3 Å². The molecule has 0 aliphatic heterocycles. The topological polar surface area (TPSA) is 58.4 Å². The monoisotopic (exact) mass is 271 g/mol. The van der Waals surface area contributed by atoms with E-state index >= 15 is 0 Å². The molecule has 1 aromatic rings. The van der Waals surface area contributed by atoms with E-state index in [-0.39, 0.29) is 23.9 Å². The molecule has 1 rings (SSSR count). The molecule has 0 heterocycles. The van der Waals surface area contributed by atoms with Gasteiger partial charge in [0.15, 0.2) is 0 Å². The van der Waals surface area contributed by atoms with Gasteiger partial charge in [0.1, 0.15) is 0 Å². The third-order valence-electron chi connectivity index (χ3n) is 2.59. The maximum atomic E-state index is 12.0. The van der Waals surface area contributed by atoms with Crippen LogP contribution in [-0.4, -0.2) is 32.1 Å². The molecule has 0 atom stereocenters. The molecule has 3 N–H and O–H groups in total. The summed E-state index contributed by atoms with van der Waals surface area (Å²) in [6.07, 6.45) is 0. The van der Waals surface area contributed by atoms with E-state index in [1.807, 2.05) is 51.0 Å². The van der Waals surface area contributed by atoms with Gasteiger partial charge in [-0.3, -0.25) is 4.79 Å². The average molecular weight is 272 g/mol. The van der Waals surface area contributed by atoms with Crippen LogP contribution in [0.5, 0.6) is 0 Å². The first-order chi connectivity index (χ1) is 7.85. The number of carbonyl (C=O) groups excluding carboxylic acids is 1. The molecule has 0 aromatic heterocycles. The van der Waals surface area contributed by atoms with Crippen molar-refractivity contribution >= 4 is 24.0 Å². The summed E-state index contributed by atoms with van der Waals surface area (Å²) in [7, 11) is 3.89. The van der Waals surface area contributed by atoms with Gasteiger partial charge in [-0.15, -0.1) is 12.4 Å².